The molecule has 0 spiro atoms. The van der Waals surface area contributed by atoms with E-state index in [1.807, 2.05) is 0 Å². The summed E-state index contributed by atoms with van der Waals surface area (Å²) in [5.74, 6) is -2.99. The first-order valence-corrected chi connectivity index (χ1v) is 4.41. The van der Waals surface area contributed by atoms with Crippen LogP contribution in [0.3, 0.4) is 0 Å². The van der Waals surface area contributed by atoms with Crippen LogP contribution in [0.25, 0.3) is 0 Å². The highest BCUT2D eigenvalue weighted by Crippen LogP contribution is 1.62. The lowest BCUT2D eigenvalue weighted by Gasteiger charge is -1.87. The quantitative estimate of drug-likeness (QED) is 0.491. The molecule has 0 unspecified atom stereocenters. The minimum Gasteiger partial charge on any atom is -0.550 e. The molecule has 0 aromatic carbocycles. The monoisotopic (exact) mass is 246 g/mol. The molecule has 0 amide bonds. The average molecular weight is 246 g/mol. The maximum atomic E-state index is 9.26. The van der Waals surface area contributed by atoms with Gasteiger partial charge >= 0.3 is 0 Å². The summed E-state index contributed by atoms with van der Waals surface area (Å²) in [7, 11) is 0. The summed E-state index contributed by atoms with van der Waals surface area (Å²) in [6.07, 6.45) is 0.333. The summed E-state index contributed by atoms with van der Waals surface area (Å²) in [6.45, 7) is 4.61. The van der Waals surface area contributed by atoms with Crippen LogP contribution in [0.4, 0.5) is 0 Å². The number of hydrogen-bond acceptors (Lipinski definition) is 6. The third kappa shape index (κ3) is 75.6. The second-order valence-electron chi connectivity index (χ2n) is 2.18. The molecule has 93 valence electrons. The Morgan fingerprint density at radius 3 is 0.750 bits per heavy atom. The predicted molar refractivity (Wildman–Crippen MR) is 51.6 cm³/mol. The third-order valence-corrected chi connectivity index (χ3v) is 0.866. The van der Waals surface area contributed by atoms with Crippen LogP contribution in [-0.2, 0) is 14.4 Å². The van der Waals surface area contributed by atoms with Crippen LogP contribution in [0.5, 0.6) is 0 Å². The van der Waals surface area contributed by atoms with Gasteiger partial charge in [-0.1, -0.05) is 20.8 Å². The first-order valence-electron chi connectivity index (χ1n) is 4.41. The first kappa shape index (κ1) is 24.3. The molecule has 0 aliphatic carbocycles. The summed E-state index contributed by atoms with van der Waals surface area (Å²) in [5.41, 5.74) is 0. The normalized spacial score (nSPS) is 6.94. The van der Waals surface area contributed by atoms with Crippen LogP contribution in [0, 0.1) is 0 Å². The van der Waals surface area contributed by atoms with Crippen molar-refractivity contribution in [1.82, 2.24) is 0 Å². The van der Waals surface area contributed by atoms with E-state index >= 15 is 0 Å². The van der Waals surface area contributed by atoms with E-state index < -0.39 is 17.9 Å². The van der Waals surface area contributed by atoms with Crippen LogP contribution in [0.1, 0.15) is 40.0 Å². The summed E-state index contributed by atoms with van der Waals surface area (Å²) < 4.78 is 0. The van der Waals surface area contributed by atoms with Crippen molar-refractivity contribution >= 4 is 35.3 Å². The van der Waals surface area contributed by atoms with Gasteiger partial charge in [-0.15, -0.1) is 0 Å². The van der Waals surface area contributed by atoms with Crippen molar-refractivity contribution in [3.63, 3.8) is 0 Å². The molecule has 0 saturated heterocycles. The number of carboxylic acids is 3. The number of carboxylic acid groups (broad SMARTS) is 3. The van der Waals surface area contributed by atoms with Gasteiger partial charge in [-0.2, -0.15) is 0 Å². The largest absolute Gasteiger partial charge is 0.550 e. The molecule has 0 heterocycles. The number of carbonyl (C=O) groups is 3. The lowest BCUT2D eigenvalue weighted by Crippen LogP contribution is -2.20. The van der Waals surface area contributed by atoms with Gasteiger partial charge in [0, 0.05) is 35.3 Å². The number of aliphatic carboxylic acids is 3. The van der Waals surface area contributed by atoms with Crippen molar-refractivity contribution < 1.29 is 29.7 Å². The molecule has 7 heteroatoms. The first-order chi connectivity index (χ1) is 6.81. The Labute approximate surface area is 105 Å². The number of rotatable bonds is 3. The predicted octanol–water partition coefficient (Wildman–Crippen LogP) is -2.94. The highest BCUT2D eigenvalue weighted by Gasteiger charge is 1.66. The summed E-state index contributed by atoms with van der Waals surface area (Å²) in [5, 5.41) is 27.8. The van der Waals surface area contributed by atoms with E-state index in [2.05, 4.69) is 0 Å². The van der Waals surface area contributed by atoms with Gasteiger partial charge in [0.2, 0.25) is 0 Å². The smallest absolute Gasteiger partial charge is 0.0411 e. The molecule has 0 atom stereocenters. The van der Waals surface area contributed by atoms with Gasteiger partial charge in [0.1, 0.15) is 0 Å². The molecule has 0 rings (SSSR count). The molecule has 0 aliphatic rings. The van der Waals surface area contributed by atoms with Crippen molar-refractivity contribution in [1.29, 1.82) is 0 Å². The Morgan fingerprint density at radius 1 is 0.688 bits per heavy atom. The van der Waals surface area contributed by atoms with E-state index in [4.69, 9.17) is 0 Å². The molecule has 0 N–H and O–H groups in total. The molecule has 16 heavy (non-hydrogen) atoms. The maximum Gasteiger partial charge on any atom is 0.0411 e. The number of hydrogen-bond donors (Lipinski definition) is 0. The topological polar surface area (TPSA) is 120 Å². The van der Waals surface area contributed by atoms with Gasteiger partial charge in [0.15, 0.2) is 0 Å². The van der Waals surface area contributed by atoms with Crippen LogP contribution < -0.4 is 15.3 Å². The number of carbonyl (C=O) groups excluding carboxylic acids is 3. The fourth-order valence-electron chi connectivity index (χ4n) is 0. The Balaban J connectivity index is -0.0000000655. The van der Waals surface area contributed by atoms with Gasteiger partial charge in [-0.3, -0.25) is 0 Å². The molecule has 6 nitrogen and oxygen atoms in total. The van der Waals surface area contributed by atoms with Gasteiger partial charge in [-0.05, 0) is 19.3 Å². The second kappa shape index (κ2) is 19.5. The second-order valence-corrected chi connectivity index (χ2v) is 2.18. The van der Waals surface area contributed by atoms with E-state index in [1.165, 1.54) is 20.8 Å². The maximum absolute atomic E-state index is 9.26. The lowest BCUT2D eigenvalue weighted by molar-refractivity contribution is -0.306. The van der Waals surface area contributed by atoms with Crippen molar-refractivity contribution in [2.45, 2.75) is 40.0 Å². The Morgan fingerprint density at radius 2 is 0.750 bits per heavy atom. The average Bonchev–Trinajstić information content (AvgIpc) is 2.19. The molecule has 0 aliphatic heterocycles. The molecular weight excluding hydrogens is 231 g/mol. The zero-order valence-corrected chi connectivity index (χ0v) is 10.8. The molecule has 0 aromatic rings. The van der Waals surface area contributed by atoms with Gasteiger partial charge < -0.3 is 29.7 Å². The van der Waals surface area contributed by atoms with Crippen molar-refractivity contribution in [3.05, 3.63) is 0 Å². The minimum absolute atomic E-state index is 0. The highest BCUT2D eigenvalue weighted by molar-refractivity contribution is 5.75. The van der Waals surface area contributed by atoms with Gasteiger partial charge in [0.25, 0.3) is 0 Å². The van der Waals surface area contributed by atoms with Gasteiger partial charge in [0.05, 0.1) is 0 Å². The van der Waals surface area contributed by atoms with E-state index in [0.29, 0.717) is 0 Å². The Kier molecular flexibility index (Phi) is 29.6. The van der Waals surface area contributed by atoms with E-state index in [0.717, 1.165) is 0 Å². The van der Waals surface area contributed by atoms with Crippen LogP contribution in [-0.4, -0.2) is 35.3 Å². The molecular formula is C9H15AlO6-3. The SMILES string of the molecule is CCC(=O)[O-].CCC(=O)[O-].CCC(=O)[O-].[Al]. The van der Waals surface area contributed by atoms with Crippen molar-refractivity contribution in [2.24, 2.45) is 0 Å². The fourth-order valence-corrected chi connectivity index (χ4v) is 0. The lowest BCUT2D eigenvalue weighted by atomic mass is 10.5. The molecule has 0 aromatic heterocycles. The van der Waals surface area contributed by atoms with Crippen LogP contribution in [0.15, 0.2) is 0 Å². The standard InChI is InChI=1S/3C3H6O2.Al/c3*1-2-3(4)5;/h3*2H2,1H3,(H,4,5);/p-3. The summed E-state index contributed by atoms with van der Waals surface area (Å²) in [4.78, 5) is 27.8. The molecule has 0 bridgehead atoms. The van der Waals surface area contributed by atoms with Crippen LogP contribution in [0.2, 0.25) is 0 Å². The van der Waals surface area contributed by atoms with E-state index in [-0.39, 0.29) is 36.6 Å². The zero-order valence-electron chi connectivity index (χ0n) is 9.65. The third-order valence-electron chi connectivity index (χ3n) is 0.866. The van der Waals surface area contributed by atoms with Crippen LogP contribution >= 0.6 is 0 Å². The highest BCUT2D eigenvalue weighted by atomic mass is 27.0. The molecule has 0 saturated carbocycles. The minimum atomic E-state index is -0.995. The molecule has 3 radical (unpaired) electrons. The van der Waals surface area contributed by atoms with E-state index in [9.17, 15) is 29.7 Å². The van der Waals surface area contributed by atoms with Gasteiger partial charge in [-0.25, -0.2) is 0 Å². The Hall–Kier alpha value is -1.06. The Bertz CT molecular complexity index is 159. The summed E-state index contributed by atoms with van der Waals surface area (Å²) in [6, 6.07) is 0. The zero-order chi connectivity index (χ0) is 12.9. The summed E-state index contributed by atoms with van der Waals surface area (Å²) >= 11 is 0. The van der Waals surface area contributed by atoms with E-state index in [1.54, 1.807) is 0 Å². The molecule has 0 fully saturated rings. The van der Waals surface area contributed by atoms with Crippen molar-refractivity contribution in [3.8, 4) is 0 Å². The fraction of sp³-hybridized carbons (Fsp3) is 0.667. The van der Waals surface area contributed by atoms with Crippen molar-refractivity contribution in [2.75, 3.05) is 0 Å².